The largest absolute Gasteiger partial charge is 0.391 e. The first kappa shape index (κ1) is 17.7. The molecule has 2 rings (SSSR count). The van der Waals surface area contributed by atoms with Crippen LogP contribution in [0.15, 0.2) is 0 Å². The van der Waals surface area contributed by atoms with Crippen molar-refractivity contribution in [2.24, 2.45) is 23.3 Å². The summed E-state index contributed by atoms with van der Waals surface area (Å²) in [7, 11) is 0. The first-order chi connectivity index (χ1) is 10.6. The molecule has 1 spiro atoms. The third kappa shape index (κ3) is 2.40. The van der Waals surface area contributed by atoms with E-state index in [0.717, 1.165) is 0 Å². The van der Waals surface area contributed by atoms with Crippen molar-refractivity contribution in [1.29, 1.82) is 0 Å². The predicted octanol–water partition coefficient (Wildman–Crippen LogP) is -1.74. The minimum absolute atomic E-state index is 0.164. The maximum Gasteiger partial charge on any atom is 0.251 e. The lowest BCUT2D eigenvalue weighted by atomic mass is 9.75. The second-order valence-corrected chi connectivity index (χ2v) is 7.10. The van der Waals surface area contributed by atoms with Gasteiger partial charge in [0.1, 0.15) is 11.6 Å². The maximum absolute atomic E-state index is 12.9. The summed E-state index contributed by atoms with van der Waals surface area (Å²) < 4.78 is 0. The number of primary amides is 1. The van der Waals surface area contributed by atoms with Gasteiger partial charge in [-0.15, -0.1) is 0 Å². The van der Waals surface area contributed by atoms with Gasteiger partial charge < -0.3 is 26.4 Å². The molecule has 2 aliphatic rings. The van der Waals surface area contributed by atoms with E-state index in [0.29, 0.717) is 6.54 Å². The summed E-state index contributed by atoms with van der Waals surface area (Å²) in [6.07, 6.45) is -1.08. The number of hydrogen-bond acceptors (Lipinski definition) is 5. The zero-order chi connectivity index (χ0) is 17.7. The van der Waals surface area contributed by atoms with E-state index < -0.39 is 29.6 Å². The fourth-order valence-corrected chi connectivity index (χ4v) is 3.72. The average molecular weight is 326 g/mol. The van der Waals surface area contributed by atoms with Gasteiger partial charge in [0.15, 0.2) is 0 Å². The summed E-state index contributed by atoms with van der Waals surface area (Å²) >= 11 is 0. The number of likely N-dealkylation sites (tertiary alicyclic amines) is 2. The van der Waals surface area contributed by atoms with Crippen molar-refractivity contribution in [1.82, 2.24) is 9.80 Å². The summed E-state index contributed by atoms with van der Waals surface area (Å²) in [6.45, 7) is 7.69. The summed E-state index contributed by atoms with van der Waals surface area (Å²) in [6, 6.07) is -1.83. The van der Waals surface area contributed by atoms with Crippen molar-refractivity contribution < 1.29 is 19.5 Å². The third-order valence-electron chi connectivity index (χ3n) is 5.00. The van der Waals surface area contributed by atoms with Crippen LogP contribution < -0.4 is 11.5 Å². The molecule has 3 unspecified atom stereocenters. The van der Waals surface area contributed by atoms with E-state index in [1.165, 1.54) is 11.8 Å². The number of amides is 3. The number of aliphatic hydroxyl groups excluding tert-OH is 1. The highest BCUT2D eigenvalue weighted by Crippen LogP contribution is 2.44. The number of rotatable bonds is 5. The molecule has 0 bridgehead atoms. The Morgan fingerprint density at radius 2 is 1.96 bits per heavy atom. The van der Waals surface area contributed by atoms with Gasteiger partial charge in [-0.3, -0.25) is 14.4 Å². The Labute approximate surface area is 135 Å². The van der Waals surface area contributed by atoms with Crippen LogP contribution in [0.2, 0.25) is 0 Å². The second-order valence-electron chi connectivity index (χ2n) is 7.10. The SMILES string of the molecule is CC(C)CN1C(=O)C(N)C(C)C12CN([C@H](C(N)=O)[C@@H](C)O)C2=O. The van der Waals surface area contributed by atoms with E-state index in [2.05, 4.69) is 0 Å². The predicted molar refractivity (Wildman–Crippen MR) is 82.8 cm³/mol. The Bertz CT molecular complexity index is 536. The van der Waals surface area contributed by atoms with Crippen LogP contribution >= 0.6 is 0 Å². The van der Waals surface area contributed by atoms with E-state index in [4.69, 9.17) is 11.5 Å². The van der Waals surface area contributed by atoms with Crippen LogP contribution in [0.5, 0.6) is 0 Å². The summed E-state index contributed by atoms with van der Waals surface area (Å²) in [5.74, 6) is -1.55. The lowest BCUT2D eigenvalue weighted by Crippen LogP contribution is -2.78. The molecule has 23 heavy (non-hydrogen) atoms. The molecule has 5 atom stereocenters. The Hall–Kier alpha value is -1.67. The van der Waals surface area contributed by atoms with Crippen molar-refractivity contribution in [3.05, 3.63) is 0 Å². The van der Waals surface area contributed by atoms with E-state index in [9.17, 15) is 19.5 Å². The zero-order valence-corrected chi connectivity index (χ0v) is 14.0. The maximum atomic E-state index is 12.9. The molecule has 3 amide bonds. The fourth-order valence-electron chi connectivity index (χ4n) is 3.72. The van der Waals surface area contributed by atoms with E-state index in [1.807, 2.05) is 13.8 Å². The van der Waals surface area contributed by atoms with Crippen molar-refractivity contribution >= 4 is 17.7 Å². The Kier molecular flexibility index (Phi) is 4.42. The summed E-state index contributed by atoms with van der Waals surface area (Å²) in [5.41, 5.74) is 10.3. The van der Waals surface area contributed by atoms with Crippen LogP contribution in [0, 0.1) is 11.8 Å². The minimum atomic E-state index is -1.09. The number of carbonyl (C=O) groups excluding carboxylic acids is 3. The van der Waals surface area contributed by atoms with Crippen molar-refractivity contribution in [3.63, 3.8) is 0 Å². The number of carbonyl (C=O) groups is 3. The number of aliphatic hydroxyl groups is 1. The zero-order valence-electron chi connectivity index (χ0n) is 14.0. The standard InChI is InChI=1S/C15H26N4O4/c1-7(2)5-19-13(22)10(16)8(3)15(19)6-18(14(15)23)11(9(4)20)12(17)21/h7-11,20H,5-6,16H2,1-4H3,(H2,17,21)/t8?,9-,10?,11+,15?/m1/s1. The minimum Gasteiger partial charge on any atom is -0.391 e. The average Bonchev–Trinajstić information content (AvgIpc) is 2.61. The molecular weight excluding hydrogens is 300 g/mol. The normalized spacial score (nSPS) is 33.3. The number of hydrogen-bond donors (Lipinski definition) is 3. The van der Waals surface area contributed by atoms with Gasteiger partial charge >= 0.3 is 0 Å². The molecule has 8 heteroatoms. The summed E-state index contributed by atoms with van der Waals surface area (Å²) in [5, 5.41) is 9.75. The highest BCUT2D eigenvalue weighted by Gasteiger charge is 2.68. The van der Waals surface area contributed by atoms with Crippen LogP contribution in [-0.4, -0.2) is 69.4 Å². The first-order valence-corrected chi connectivity index (χ1v) is 7.91. The molecule has 2 saturated heterocycles. The molecule has 0 aliphatic carbocycles. The van der Waals surface area contributed by atoms with Crippen molar-refractivity contribution in [3.8, 4) is 0 Å². The fraction of sp³-hybridized carbons (Fsp3) is 0.800. The summed E-state index contributed by atoms with van der Waals surface area (Å²) in [4.78, 5) is 39.7. The monoisotopic (exact) mass is 326 g/mol. The van der Waals surface area contributed by atoms with E-state index >= 15 is 0 Å². The molecule has 0 aromatic rings. The Morgan fingerprint density at radius 3 is 2.35 bits per heavy atom. The lowest BCUT2D eigenvalue weighted by molar-refractivity contribution is -0.178. The Balaban J connectivity index is 2.33. The highest BCUT2D eigenvalue weighted by molar-refractivity contribution is 6.03. The molecule has 0 saturated carbocycles. The van der Waals surface area contributed by atoms with Gasteiger partial charge in [0, 0.05) is 12.5 Å². The molecule has 2 fully saturated rings. The lowest BCUT2D eigenvalue weighted by Gasteiger charge is -2.55. The second kappa shape index (κ2) is 5.76. The van der Waals surface area contributed by atoms with Gasteiger partial charge in [0.25, 0.3) is 5.91 Å². The third-order valence-corrected chi connectivity index (χ3v) is 5.00. The molecule has 130 valence electrons. The topological polar surface area (TPSA) is 130 Å². The number of nitrogens with two attached hydrogens (primary N) is 2. The van der Waals surface area contributed by atoms with Gasteiger partial charge in [0.2, 0.25) is 11.8 Å². The molecule has 2 heterocycles. The van der Waals surface area contributed by atoms with Crippen molar-refractivity contribution in [2.75, 3.05) is 13.1 Å². The highest BCUT2D eigenvalue weighted by atomic mass is 16.3. The van der Waals surface area contributed by atoms with Crippen LogP contribution in [0.3, 0.4) is 0 Å². The van der Waals surface area contributed by atoms with Crippen LogP contribution in [-0.2, 0) is 14.4 Å². The number of β-lactam (4-membered cyclic amide) rings is 1. The molecule has 5 N–H and O–H groups in total. The van der Waals surface area contributed by atoms with Gasteiger partial charge in [-0.2, -0.15) is 0 Å². The molecular formula is C15H26N4O4. The van der Waals surface area contributed by atoms with Gasteiger partial charge in [-0.1, -0.05) is 20.8 Å². The quantitative estimate of drug-likeness (QED) is 0.517. The molecule has 2 aliphatic heterocycles. The molecule has 0 aromatic heterocycles. The van der Waals surface area contributed by atoms with E-state index in [-0.39, 0.29) is 30.2 Å². The molecule has 0 aromatic carbocycles. The van der Waals surface area contributed by atoms with Crippen molar-refractivity contribution in [2.45, 2.75) is 51.4 Å². The van der Waals surface area contributed by atoms with Gasteiger partial charge in [-0.05, 0) is 12.8 Å². The van der Waals surface area contributed by atoms with Gasteiger partial charge in [0.05, 0.1) is 18.7 Å². The molecule has 0 radical (unpaired) electrons. The van der Waals surface area contributed by atoms with Crippen LogP contribution in [0.4, 0.5) is 0 Å². The molecule has 8 nitrogen and oxygen atoms in total. The van der Waals surface area contributed by atoms with Crippen LogP contribution in [0.1, 0.15) is 27.7 Å². The van der Waals surface area contributed by atoms with Gasteiger partial charge in [-0.25, -0.2) is 0 Å². The van der Waals surface area contributed by atoms with E-state index in [1.54, 1.807) is 11.8 Å². The number of nitrogens with zero attached hydrogens (tertiary/aromatic N) is 2. The first-order valence-electron chi connectivity index (χ1n) is 7.91. The smallest absolute Gasteiger partial charge is 0.251 e. The van der Waals surface area contributed by atoms with Crippen LogP contribution in [0.25, 0.3) is 0 Å². The Morgan fingerprint density at radius 1 is 1.39 bits per heavy atom.